The first kappa shape index (κ1) is 12.2. The molecule has 0 spiro atoms. The second-order valence-electron chi connectivity index (χ2n) is 4.74. The minimum atomic E-state index is -0.328. The van der Waals surface area contributed by atoms with E-state index >= 15 is 0 Å². The summed E-state index contributed by atoms with van der Waals surface area (Å²) in [6.45, 7) is 2.34. The smallest absolute Gasteiger partial charge is 0.124 e. The SMILES string of the molecule is CC(NCC(O)C1CC1)c1c(O)cccc1O. The molecule has 4 N–H and O–H groups in total. The minimum absolute atomic E-state index is 0.0749. The van der Waals surface area contributed by atoms with Gasteiger partial charge in [-0.05, 0) is 37.8 Å². The van der Waals surface area contributed by atoms with E-state index in [1.165, 1.54) is 0 Å². The van der Waals surface area contributed by atoms with E-state index in [1.54, 1.807) is 18.2 Å². The van der Waals surface area contributed by atoms with Crippen molar-refractivity contribution in [3.05, 3.63) is 23.8 Å². The Balaban J connectivity index is 1.96. The number of aliphatic hydroxyl groups is 1. The zero-order chi connectivity index (χ0) is 12.4. The Labute approximate surface area is 101 Å². The van der Waals surface area contributed by atoms with E-state index in [0.29, 0.717) is 18.0 Å². The lowest BCUT2D eigenvalue weighted by atomic mass is 10.1. The highest BCUT2D eigenvalue weighted by molar-refractivity contribution is 5.44. The van der Waals surface area contributed by atoms with E-state index in [1.807, 2.05) is 6.92 Å². The molecule has 0 amide bonds. The van der Waals surface area contributed by atoms with Gasteiger partial charge in [0.15, 0.2) is 0 Å². The summed E-state index contributed by atoms with van der Waals surface area (Å²) in [6.07, 6.45) is 1.86. The lowest BCUT2D eigenvalue weighted by Crippen LogP contribution is -2.30. The zero-order valence-corrected chi connectivity index (χ0v) is 9.93. The first-order chi connectivity index (χ1) is 8.09. The summed E-state index contributed by atoms with van der Waals surface area (Å²) in [6, 6.07) is 4.50. The highest BCUT2D eigenvalue weighted by Gasteiger charge is 2.29. The molecule has 1 aromatic rings. The molecule has 94 valence electrons. The van der Waals surface area contributed by atoms with Crippen LogP contribution in [0.5, 0.6) is 11.5 Å². The number of aromatic hydroxyl groups is 2. The van der Waals surface area contributed by atoms with Gasteiger partial charge in [-0.1, -0.05) is 6.07 Å². The van der Waals surface area contributed by atoms with Crippen LogP contribution >= 0.6 is 0 Å². The third kappa shape index (κ3) is 2.90. The maximum atomic E-state index is 9.74. The number of rotatable bonds is 5. The molecular weight excluding hydrogens is 218 g/mol. The van der Waals surface area contributed by atoms with E-state index in [-0.39, 0.29) is 23.6 Å². The summed E-state index contributed by atoms with van der Waals surface area (Å²) in [7, 11) is 0. The Morgan fingerprint density at radius 1 is 1.29 bits per heavy atom. The fourth-order valence-electron chi connectivity index (χ4n) is 2.03. The van der Waals surface area contributed by atoms with Crippen LogP contribution in [0.25, 0.3) is 0 Å². The monoisotopic (exact) mass is 237 g/mol. The van der Waals surface area contributed by atoms with Crippen molar-refractivity contribution in [2.75, 3.05) is 6.54 Å². The molecule has 0 radical (unpaired) electrons. The van der Waals surface area contributed by atoms with Crippen molar-refractivity contribution in [1.29, 1.82) is 0 Å². The van der Waals surface area contributed by atoms with Gasteiger partial charge in [-0.25, -0.2) is 0 Å². The van der Waals surface area contributed by atoms with E-state index < -0.39 is 0 Å². The van der Waals surface area contributed by atoms with Crippen molar-refractivity contribution >= 4 is 0 Å². The van der Waals surface area contributed by atoms with Crippen LogP contribution in [0.4, 0.5) is 0 Å². The summed E-state index contributed by atoms with van der Waals surface area (Å²) >= 11 is 0. The average molecular weight is 237 g/mol. The topological polar surface area (TPSA) is 72.7 Å². The van der Waals surface area contributed by atoms with Crippen molar-refractivity contribution in [2.24, 2.45) is 5.92 Å². The van der Waals surface area contributed by atoms with Gasteiger partial charge in [-0.3, -0.25) is 0 Å². The first-order valence-corrected chi connectivity index (χ1v) is 6.02. The summed E-state index contributed by atoms with van der Waals surface area (Å²) in [5, 5.41) is 32.2. The van der Waals surface area contributed by atoms with E-state index in [4.69, 9.17) is 0 Å². The number of benzene rings is 1. The number of phenols is 2. The number of hydrogen-bond donors (Lipinski definition) is 4. The predicted octanol–water partition coefficient (Wildman–Crippen LogP) is 1.52. The highest BCUT2D eigenvalue weighted by atomic mass is 16.3. The Hall–Kier alpha value is -1.26. The summed E-state index contributed by atoms with van der Waals surface area (Å²) in [5.41, 5.74) is 0.482. The molecule has 2 rings (SSSR count). The van der Waals surface area contributed by atoms with Crippen molar-refractivity contribution in [1.82, 2.24) is 5.32 Å². The lowest BCUT2D eigenvalue weighted by molar-refractivity contribution is 0.145. The van der Waals surface area contributed by atoms with Crippen LogP contribution in [-0.2, 0) is 0 Å². The van der Waals surface area contributed by atoms with Crippen LogP contribution in [0.1, 0.15) is 31.4 Å². The molecule has 1 aliphatic carbocycles. The molecule has 0 bridgehead atoms. The molecule has 2 atom stereocenters. The van der Waals surface area contributed by atoms with Gasteiger partial charge < -0.3 is 20.6 Å². The van der Waals surface area contributed by atoms with Crippen LogP contribution in [-0.4, -0.2) is 28.0 Å². The van der Waals surface area contributed by atoms with Gasteiger partial charge in [0.05, 0.1) is 11.7 Å². The molecule has 4 heteroatoms. The summed E-state index contributed by atoms with van der Waals surface area (Å²) in [5.74, 6) is 0.574. The molecule has 1 saturated carbocycles. The summed E-state index contributed by atoms with van der Waals surface area (Å²) in [4.78, 5) is 0. The largest absolute Gasteiger partial charge is 0.507 e. The van der Waals surface area contributed by atoms with E-state index in [9.17, 15) is 15.3 Å². The molecule has 0 heterocycles. The summed E-state index contributed by atoms with van der Waals surface area (Å²) < 4.78 is 0. The van der Waals surface area contributed by atoms with Gasteiger partial charge in [-0.15, -0.1) is 0 Å². The number of hydrogen-bond acceptors (Lipinski definition) is 4. The maximum Gasteiger partial charge on any atom is 0.124 e. The van der Waals surface area contributed by atoms with Crippen molar-refractivity contribution in [3.8, 4) is 11.5 Å². The number of aliphatic hydroxyl groups excluding tert-OH is 1. The van der Waals surface area contributed by atoms with Crippen molar-refractivity contribution < 1.29 is 15.3 Å². The quantitative estimate of drug-likeness (QED) is 0.626. The van der Waals surface area contributed by atoms with Gasteiger partial charge >= 0.3 is 0 Å². The fraction of sp³-hybridized carbons (Fsp3) is 0.538. The number of phenolic OH excluding ortho intramolecular Hbond substituents is 2. The first-order valence-electron chi connectivity index (χ1n) is 6.02. The second-order valence-corrected chi connectivity index (χ2v) is 4.74. The van der Waals surface area contributed by atoms with Crippen LogP contribution in [0.15, 0.2) is 18.2 Å². The van der Waals surface area contributed by atoms with Gasteiger partial charge in [-0.2, -0.15) is 0 Å². The third-order valence-corrected chi connectivity index (χ3v) is 3.29. The molecule has 0 saturated heterocycles. The van der Waals surface area contributed by atoms with Crippen LogP contribution in [0, 0.1) is 5.92 Å². The fourth-order valence-corrected chi connectivity index (χ4v) is 2.03. The van der Waals surface area contributed by atoms with Gasteiger partial charge in [0.25, 0.3) is 0 Å². The molecule has 17 heavy (non-hydrogen) atoms. The van der Waals surface area contributed by atoms with Gasteiger partial charge in [0.2, 0.25) is 0 Å². The Kier molecular flexibility index (Phi) is 3.54. The predicted molar refractivity (Wildman–Crippen MR) is 64.9 cm³/mol. The average Bonchev–Trinajstić information content (AvgIpc) is 3.09. The van der Waals surface area contributed by atoms with Crippen molar-refractivity contribution in [2.45, 2.75) is 31.9 Å². The molecule has 0 aromatic heterocycles. The molecule has 0 aliphatic heterocycles. The molecule has 1 aliphatic rings. The molecule has 2 unspecified atom stereocenters. The van der Waals surface area contributed by atoms with Crippen LogP contribution in [0.2, 0.25) is 0 Å². The maximum absolute atomic E-state index is 9.74. The molecule has 1 fully saturated rings. The van der Waals surface area contributed by atoms with Crippen LogP contribution < -0.4 is 5.32 Å². The lowest BCUT2D eigenvalue weighted by Gasteiger charge is -2.19. The normalized spacial score (nSPS) is 18.9. The minimum Gasteiger partial charge on any atom is -0.507 e. The van der Waals surface area contributed by atoms with Gasteiger partial charge in [0.1, 0.15) is 11.5 Å². The van der Waals surface area contributed by atoms with Crippen molar-refractivity contribution in [3.63, 3.8) is 0 Å². The van der Waals surface area contributed by atoms with Crippen LogP contribution in [0.3, 0.4) is 0 Å². The standard InChI is InChI=1S/C13H19NO3/c1-8(14-7-12(17)9-5-6-9)13-10(15)3-2-4-11(13)16/h2-4,8-9,12,14-17H,5-7H2,1H3. The molecule has 4 nitrogen and oxygen atoms in total. The molecular formula is C13H19NO3. The Morgan fingerprint density at radius 2 is 1.88 bits per heavy atom. The Morgan fingerprint density at radius 3 is 2.41 bits per heavy atom. The van der Waals surface area contributed by atoms with Gasteiger partial charge in [0, 0.05) is 12.6 Å². The molecule has 1 aromatic carbocycles. The third-order valence-electron chi connectivity index (χ3n) is 3.29. The Bertz CT molecular complexity index is 370. The van der Waals surface area contributed by atoms with E-state index in [2.05, 4.69) is 5.32 Å². The van der Waals surface area contributed by atoms with E-state index in [0.717, 1.165) is 12.8 Å². The number of nitrogens with one attached hydrogen (secondary N) is 1. The zero-order valence-electron chi connectivity index (χ0n) is 9.93. The highest BCUT2D eigenvalue weighted by Crippen LogP contribution is 2.34. The second kappa shape index (κ2) is 4.94.